The Hall–Kier alpha value is -1.69. The molecule has 5 heteroatoms. The maximum absolute atomic E-state index is 4.39. The maximum Gasteiger partial charge on any atom is 0.0795 e. The minimum Gasteiger partial charge on any atom is -0.361 e. The predicted molar refractivity (Wildman–Crippen MR) is 95.6 cm³/mol. The molecule has 2 N–H and O–H groups in total. The van der Waals surface area contributed by atoms with E-state index in [2.05, 4.69) is 56.0 Å². The Morgan fingerprint density at radius 1 is 1.26 bits per heavy atom. The molecule has 0 aliphatic carbocycles. The molecule has 3 heterocycles. The molecule has 3 aromatic rings. The van der Waals surface area contributed by atoms with E-state index in [1.165, 1.54) is 35.0 Å². The number of thiazole rings is 1. The molecule has 0 bridgehead atoms. The first-order valence-corrected chi connectivity index (χ1v) is 9.20. The second-order valence-electron chi connectivity index (χ2n) is 6.27. The van der Waals surface area contributed by atoms with Crippen molar-refractivity contribution in [3.63, 3.8) is 0 Å². The summed E-state index contributed by atoms with van der Waals surface area (Å²) in [6.45, 7) is 4.26. The van der Waals surface area contributed by atoms with Crippen LogP contribution < -0.4 is 5.32 Å². The van der Waals surface area contributed by atoms with Crippen LogP contribution in [-0.4, -0.2) is 34.0 Å². The lowest BCUT2D eigenvalue weighted by Gasteiger charge is -2.32. The molecule has 4 nitrogen and oxygen atoms in total. The molecule has 0 spiro atoms. The van der Waals surface area contributed by atoms with E-state index in [9.17, 15) is 0 Å². The summed E-state index contributed by atoms with van der Waals surface area (Å²) in [5.74, 6) is 0. The third-order valence-corrected chi connectivity index (χ3v) is 5.35. The molecule has 120 valence electrons. The van der Waals surface area contributed by atoms with Crippen molar-refractivity contribution in [3.05, 3.63) is 52.6 Å². The van der Waals surface area contributed by atoms with Gasteiger partial charge in [-0.05, 0) is 24.5 Å². The number of aromatic amines is 1. The summed E-state index contributed by atoms with van der Waals surface area (Å²) in [5.41, 5.74) is 5.72. The fraction of sp³-hybridized carbons (Fsp3) is 0.389. The van der Waals surface area contributed by atoms with E-state index in [0.717, 1.165) is 26.2 Å². The number of hydrogen-bond donors (Lipinski definition) is 2. The predicted octanol–water partition coefficient (Wildman–Crippen LogP) is 3.38. The maximum atomic E-state index is 4.39. The van der Waals surface area contributed by atoms with Gasteiger partial charge >= 0.3 is 0 Å². The quantitative estimate of drug-likeness (QED) is 0.755. The zero-order valence-corrected chi connectivity index (χ0v) is 14.0. The highest BCUT2D eigenvalue weighted by molar-refractivity contribution is 7.07. The highest BCUT2D eigenvalue weighted by Crippen LogP contribution is 2.19. The number of benzene rings is 1. The van der Waals surface area contributed by atoms with E-state index in [1.807, 2.05) is 5.51 Å². The van der Waals surface area contributed by atoms with Crippen LogP contribution in [0, 0.1) is 0 Å². The topological polar surface area (TPSA) is 44.0 Å². The van der Waals surface area contributed by atoms with Crippen LogP contribution >= 0.6 is 11.3 Å². The van der Waals surface area contributed by atoms with Crippen LogP contribution in [-0.2, 0) is 13.1 Å². The second-order valence-corrected chi connectivity index (χ2v) is 6.99. The van der Waals surface area contributed by atoms with Crippen molar-refractivity contribution in [1.29, 1.82) is 0 Å². The third-order valence-electron chi connectivity index (χ3n) is 4.71. The molecule has 0 unspecified atom stereocenters. The van der Waals surface area contributed by atoms with Crippen molar-refractivity contribution in [2.45, 2.75) is 32.0 Å². The van der Waals surface area contributed by atoms with E-state index in [4.69, 9.17) is 0 Å². The van der Waals surface area contributed by atoms with Gasteiger partial charge in [-0.1, -0.05) is 18.2 Å². The number of para-hydroxylation sites is 1. The van der Waals surface area contributed by atoms with Gasteiger partial charge in [0.1, 0.15) is 0 Å². The van der Waals surface area contributed by atoms with E-state index in [-0.39, 0.29) is 0 Å². The van der Waals surface area contributed by atoms with Gasteiger partial charge < -0.3 is 10.3 Å². The molecule has 0 radical (unpaired) electrons. The zero-order chi connectivity index (χ0) is 15.5. The molecule has 0 saturated carbocycles. The van der Waals surface area contributed by atoms with Crippen LogP contribution in [0.3, 0.4) is 0 Å². The number of H-pyrrole nitrogens is 1. The van der Waals surface area contributed by atoms with Gasteiger partial charge in [-0.2, -0.15) is 0 Å². The number of likely N-dealkylation sites (tertiary alicyclic amines) is 1. The minimum absolute atomic E-state index is 0.621. The number of fused-ring (bicyclic) bond motifs is 1. The van der Waals surface area contributed by atoms with Crippen LogP contribution in [0.1, 0.15) is 24.1 Å². The normalized spacial score (nSPS) is 17.0. The number of piperidine rings is 1. The van der Waals surface area contributed by atoms with Crippen molar-refractivity contribution in [2.75, 3.05) is 13.1 Å². The lowest BCUT2D eigenvalue weighted by atomic mass is 10.0. The Labute approximate surface area is 140 Å². The van der Waals surface area contributed by atoms with Crippen LogP contribution in [0.2, 0.25) is 0 Å². The van der Waals surface area contributed by atoms with Crippen molar-refractivity contribution >= 4 is 22.2 Å². The summed E-state index contributed by atoms with van der Waals surface area (Å²) in [4.78, 5) is 10.3. The van der Waals surface area contributed by atoms with E-state index in [0.29, 0.717) is 6.04 Å². The van der Waals surface area contributed by atoms with E-state index in [1.54, 1.807) is 11.3 Å². The van der Waals surface area contributed by atoms with Gasteiger partial charge in [0, 0.05) is 54.7 Å². The van der Waals surface area contributed by atoms with Gasteiger partial charge in [-0.25, -0.2) is 4.98 Å². The van der Waals surface area contributed by atoms with Crippen LogP contribution in [0.5, 0.6) is 0 Å². The number of aromatic nitrogens is 2. The lowest BCUT2D eigenvalue weighted by molar-refractivity contribution is 0.188. The van der Waals surface area contributed by atoms with Crippen LogP contribution in [0.25, 0.3) is 10.9 Å². The molecule has 2 aromatic heterocycles. The second kappa shape index (κ2) is 6.83. The number of nitrogens with one attached hydrogen (secondary N) is 2. The van der Waals surface area contributed by atoms with E-state index >= 15 is 0 Å². The van der Waals surface area contributed by atoms with Crippen LogP contribution in [0.15, 0.2) is 41.4 Å². The smallest absolute Gasteiger partial charge is 0.0795 e. The molecule has 1 aromatic carbocycles. The minimum atomic E-state index is 0.621. The van der Waals surface area contributed by atoms with Crippen molar-refractivity contribution in [2.24, 2.45) is 0 Å². The largest absolute Gasteiger partial charge is 0.361 e. The van der Waals surface area contributed by atoms with Gasteiger partial charge in [0.15, 0.2) is 0 Å². The number of nitrogens with zero attached hydrogens (tertiary/aromatic N) is 2. The Balaban J connectivity index is 1.28. The highest BCUT2D eigenvalue weighted by Gasteiger charge is 2.19. The monoisotopic (exact) mass is 326 g/mol. The summed E-state index contributed by atoms with van der Waals surface area (Å²) in [6, 6.07) is 9.13. The van der Waals surface area contributed by atoms with Gasteiger partial charge in [0.2, 0.25) is 0 Å². The first kappa shape index (κ1) is 14.9. The van der Waals surface area contributed by atoms with Crippen molar-refractivity contribution in [3.8, 4) is 0 Å². The summed E-state index contributed by atoms with van der Waals surface area (Å²) < 4.78 is 0. The van der Waals surface area contributed by atoms with Crippen molar-refractivity contribution < 1.29 is 0 Å². The zero-order valence-electron chi connectivity index (χ0n) is 13.2. The number of hydrogen-bond acceptors (Lipinski definition) is 4. The molecule has 1 aliphatic rings. The van der Waals surface area contributed by atoms with Gasteiger partial charge in [0.25, 0.3) is 0 Å². The number of rotatable bonds is 5. The lowest BCUT2D eigenvalue weighted by Crippen LogP contribution is -2.41. The van der Waals surface area contributed by atoms with Crippen molar-refractivity contribution in [1.82, 2.24) is 20.2 Å². The summed E-state index contributed by atoms with van der Waals surface area (Å²) in [6.07, 6.45) is 4.56. The summed E-state index contributed by atoms with van der Waals surface area (Å²) in [7, 11) is 0. The van der Waals surface area contributed by atoms with Gasteiger partial charge in [-0.3, -0.25) is 4.90 Å². The average Bonchev–Trinajstić information content (AvgIpc) is 3.24. The highest BCUT2D eigenvalue weighted by atomic mass is 32.1. The van der Waals surface area contributed by atoms with Crippen LogP contribution in [0.4, 0.5) is 0 Å². The molecule has 0 amide bonds. The first-order valence-electron chi connectivity index (χ1n) is 8.26. The molecule has 23 heavy (non-hydrogen) atoms. The third kappa shape index (κ3) is 3.47. The SMILES string of the molecule is c1ccc2c(CNC3CCN(Cc4cscn4)CC3)c[nH]c2c1. The standard InChI is InChI=1S/C18H22N4S/c1-2-4-18-17(3-1)14(10-20-18)9-19-15-5-7-22(8-6-15)11-16-12-23-13-21-16/h1-4,10,12-13,15,19-20H,5-9,11H2. The fourth-order valence-corrected chi connectivity index (χ4v) is 3.92. The molecule has 1 fully saturated rings. The van der Waals surface area contributed by atoms with E-state index < -0.39 is 0 Å². The van der Waals surface area contributed by atoms with Gasteiger partial charge in [-0.15, -0.1) is 11.3 Å². The molecular formula is C18H22N4S. The average molecular weight is 326 g/mol. The van der Waals surface area contributed by atoms with Gasteiger partial charge in [0.05, 0.1) is 11.2 Å². The molecular weight excluding hydrogens is 304 g/mol. The Morgan fingerprint density at radius 3 is 2.96 bits per heavy atom. The molecule has 0 atom stereocenters. The summed E-state index contributed by atoms with van der Waals surface area (Å²) in [5, 5.41) is 7.22. The molecule has 4 rings (SSSR count). The molecule has 1 saturated heterocycles. The first-order chi connectivity index (χ1) is 11.4. The summed E-state index contributed by atoms with van der Waals surface area (Å²) >= 11 is 1.68. The Morgan fingerprint density at radius 2 is 2.13 bits per heavy atom. The Bertz CT molecular complexity index is 741. The Kier molecular flexibility index (Phi) is 4.41. The molecule has 1 aliphatic heterocycles. The fourth-order valence-electron chi connectivity index (χ4n) is 3.37.